The van der Waals surface area contributed by atoms with Gasteiger partial charge in [-0.1, -0.05) is 47.5 Å². The summed E-state index contributed by atoms with van der Waals surface area (Å²) in [7, 11) is 0. The van der Waals surface area contributed by atoms with Crippen molar-refractivity contribution >= 4 is 15.9 Å². The highest BCUT2D eigenvalue weighted by molar-refractivity contribution is 9.09. The molecule has 0 aliphatic heterocycles. The second kappa shape index (κ2) is 5.16. The van der Waals surface area contributed by atoms with E-state index < -0.39 is 0 Å². The molecule has 0 amide bonds. The molecule has 0 aromatic heterocycles. The molecule has 1 aliphatic carbocycles. The van der Waals surface area contributed by atoms with Crippen LogP contribution in [0.1, 0.15) is 54.1 Å². The Morgan fingerprint density at radius 1 is 1.20 bits per heavy atom. The fraction of sp³-hybridized carbons (Fsp3) is 0.571. The molecule has 2 rings (SSSR count). The van der Waals surface area contributed by atoms with E-state index in [1.165, 1.54) is 44.1 Å². The van der Waals surface area contributed by atoms with E-state index in [1.807, 2.05) is 0 Å². The van der Waals surface area contributed by atoms with Gasteiger partial charge in [-0.3, -0.25) is 0 Å². The Hall–Kier alpha value is -0.300. The van der Waals surface area contributed by atoms with Crippen LogP contribution >= 0.6 is 15.9 Å². The predicted octanol–water partition coefficient (Wildman–Crippen LogP) is 4.80. The van der Waals surface area contributed by atoms with Gasteiger partial charge in [-0.2, -0.15) is 0 Å². The van der Waals surface area contributed by atoms with Crippen molar-refractivity contribution in [2.24, 2.45) is 0 Å². The lowest BCUT2D eigenvalue weighted by Gasteiger charge is -2.18. The van der Waals surface area contributed by atoms with E-state index in [0.717, 1.165) is 0 Å². The van der Waals surface area contributed by atoms with Crippen LogP contribution in [-0.2, 0) is 12.8 Å². The Kier molecular flexibility index (Phi) is 3.85. The van der Waals surface area contributed by atoms with E-state index in [9.17, 15) is 0 Å². The van der Waals surface area contributed by atoms with E-state index >= 15 is 0 Å². The first-order valence-electron chi connectivity index (χ1n) is 6.07. The molecule has 1 aromatic carbocycles. The zero-order valence-electron chi connectivity index (χ0n) is 9.43. The molecule has 1 unspecified atom stereocenters. The first-order valence-corrected chi connectivity index (χ1v) is 6.98. The zero-order chi connectivity index (χ0) is 10.7. The van der Waals surface area contributed by atoms with Crippen LogP contribution in [0.3, 0.4) is 0 Å². The van der Waals surface area contributed by atoms with Crippen LogP contribution in [0, 0.1) is 0 Å². The number of fused-ring (bicyclic) bond motifs is 1. The molecule has 1 aromatic rings. The molecule has 0 nitrogen and oxygen atoms in total. The third-order valence-corrected chi connectivity index (χ3v) is 4.26. The fourth-order valence-electron chi connectivity index (χ4n) is 2.37. The van der Waals surface area contributed by atoms with Gasteiger partial charge in [0.05, 0.1) is 0 Å². The lowest BCUT2D eigenvalue weighted by atomic mass is 9.89. The number of alkyl halides is 1. The summed E-state index contributed by atoms with van der Waals surface area (Å²) in [4.78, 5) is 0.551. The first-order chi connectivity index (χ1) is 7.31. The normalized spacial score (nSPS) is 17.2. The van der Waals surface area contributed by atoms with Gasteiger partial charge >= 0.3 is 0 Å². The topological polar surface area (TPSA) is 0 Å². The molecular weight excluding hydrogens is 248 g/mol. The highest BCUT2D eigenvalue weighted by atomic mass is 79.9. The molecule has 1 heteroatoms. The van der Waals surface area contributed by atoms with E-state index in [-0.39, 0.29) is 0 Å². The highest BCUT2D eigenvalue weighted by Gasteiger charge is 2.12. The second-order valence-electron chi connectivity index (χ2n) is 4.49. The standard InChI is InChI=1S/C14H19Br/c1-2-5-14(15)13-9-8-11-6-3-4-7-12(11)10-13/h8-10,14H,2-7H2,1H3. The minimum Gasteiger partial charge on any atom is -0.0839 e. The lowest BCUT2D eigenvalue weighted by molar-refractivity contribution is 0.682. The molecule has 0 fully saturated rings. The average Bonchev–Trinajstić information content (AvgIpc) is 2.29. The Morgan fingerprint density at radius 3 is 2.67 bits per heavy atom. The minimum absolute atomic E-state index is 0.551. The van der Waals surface area contributed by atoms with Crippen molar-refractivity contribution in [2.45, 2.75) is 50.3 Å². The zero-order valence-corrected chi connectivity index (χ0v) is 11.0. The van der Waals surface area contributed by atoms with E-state index in [0.29, 0.717) is 4.83 Å². The van der Waals surface area contributed by atoms with Gasteiger partial charge in [0.1, 0.15) is 0 Å². The van der Waals surface area contributed by atoms with Crippen LogP contribution in [0.2, 0.25) is 0 Å². The Morgan fingerprint density at radius 2 is 1.93 bits per heavy atom. The summed E-state index contributed by atoms with van der Waals surface area (Å²) < 4.78 is 0. The summed E-state index contributed by atoms with van der Waals surface area (Å²) in [6.07, 6.45) is 7.80. The van der Waals surface area contributed by atoms with Crippen LogP contribution in [-0.4, -0.2) is 0 Å². The van der Waals surface area contributed by atoms with Gasteiger partial charge in [0.25, 0.3) is 0 Å². The first kappa shape index (κ1) is 11.2. The number of rotatable bonds is 3. The van der Waals surface area contributed by atoms with Gasteiger partial charge in [0, 0.05) is 4.83 Å². The molecule has 0 N–H and O–H groups in total. The lowest BCUT2D eigenvalue weighted by Crippen LogP contribution is -2.03. The van der Waals surface area contributed by atoms with Crippen molar-refractivity contribution in [3.63, 3.8) is 0 Å². The Labute approximate surface area is 101 Å². The summed E-state index contributed by atoms with van der Waals surface area (Å²) in [5.41, 5.74) is 4.65. The molecule has 0 heterocycles. The summed E-state index contributed by atoms with van der Waals surface area (Å²) in [5.74, 6) is 0. The molecule has 15 heavy (non-hydrogen) atoms. The molecule has 82 valence electrons. The average molecular weight is 267 g/mol. The molecule has 1 atom stereocenters. The maximum atomic E-state index is 3.77. The van der Waals surface area contributed by atoms with Crippen molar-refractivity contribution in [3.8, 4) is 0 Å². The van der Waals surface area contributed by atoms with Crippen LogP contribution < -0.4 is 0 Å². The van der Waals surface area contributed by atoms with Crippen molar-refractivity contribution < 1.29 is 0 Å². The SMILES string of the molecule is CCCC(Br)c1ccc2c(c1)CCCC2. The van der Waals surface area contributed by atoms with Gasteiger partial charge in [-0.05, 0) is 48.8 Å². The van der Waals surface area contributed by atoms with E-state index in [4.69, 9.17) is 0 Å². The summed E-state index contributed by atoms with van der Waals surface area (Å²) in [5, 5.41) is 0. The van der Waals surface area contributed by atoms with Crippen LogP contribution in [0.4, 0.5) is 0 Å². The number of aryl methyl sites for hydroxylation is 2. The number of hydrogen-bond acceptors (Lipinski definition) is 0. The largest absolute Gasteiger partial charge is 0.0839 e. The predicted molar refractivity (Wildman–Crippen MR) is 69.7 cm³/mol. The van der Waals surface area contributed by atoms with Gasteiger partial charge in [-0.25, -0.2) is 0 Å². The van der Waals surface area contributed by atoms with Gasteiger partial charge in [0.2, 0.25) is 0 Å². The second-order valence-corrected chi connectivity index (χ2v) is 5.60. The fourth-order valence-corrected chi connectivity index (χ4v) is 3.11. The highest BCUT2D eigenvalue weighted by Crippen LogP contribution is 2.31. The van der Waals surface area contributed by atoms with Crippen LogP contribution in [0.5, 0.6) is 0 Å². The number of hydrogen-bond donors (Lipinski definition) is 0. The van der Waals surface area contributed by atoms with Crippen LogP contribution in [0.15, 0.2) is 18.2 Å². The molecule has 0 saturated heterocycles. The quantitative estimate of drug-likeness (QED) is 0.690. The van der Waals surface area contributed by atoms with Crippen molar-refractivity contribution in [3.05, 3.63) is 34.9 Å². The molecular formula is C14H19Br. The van der Waals surface area contributed by atoms with Crippen molar-refractivity contribution in [2.75, 3.05) is 0 Å². The Balaban J connectivity index is 2.20. The van der Waals surface area contributed by atoms with Crippen LogP contribution in [0.25, 0.3) is 0 Å². The maximum absolute atomic E-state index is 3.77. The van der Waals surface area contributed by atoms with Gasteiger partial charge in [0.15, 0.2) is 0 Å². The molecule has 0 bridgehead atoms. The smallest absolute Gasteiger partial charge is 0.0395 e. The van der Waals surface area contributed by atoms with Crippen molar-refractivity contribution in [1.82, 2.24) is 0 Å². The molecule has 0 radical (unpaired) electrons. The maximum Gasteiger partial charge on any atom is 0.0395 e. The van der Waals surface area contributed by atoms with Gasteiger partial charge in [-0.15, -0.1) is 0 Å². The molecule has 0 saturated carbocycles. The number of halogens is 1. The minimum atomic E-state index is 0.551. The van der Waals surface area contributed by atoms with Crippen molar-refractivity contribution in [1.29, 1.82) is 0 Å². The Bertz CT molecular complexity index is 330. The molecule has 0 spiro atoms. The summed E-state index contributed by atoms with van der Waals surface area (Å²) >= 11 is 3.77. The summed E-state index contributed by atoms with van der Waals surface area (Å²) in [6.45, 7) is 2.24. The molecule has 1 aliphatic rings. The number of benzene rings is 1. The summed E-state index contributed by atoms with van der Waals surface area (Å²) in [6, 6.07) is 7.07. The monoisotopic (exact) mass is 266 g/mol. The third kappa shape index (κ3) is 2.63. The van der Waals surface area contributed by atoms with E-state index in [1.54, 1.807) is 11.1 Å². The third-order valence-electron chi connectivity index (χ3n) is 3.28. The van der Waals surface area contributed by atoms with E-state index in [2.05, 4.69) is 41.1 Å². The van der Waals surface area contributed by atoms with Gasteiger partial charge < -0.3 is 0 Å².